The van der Waals surface area contributed by atoms with E-state index in [0.29, 0.717) is 25.7 Å². The third-order valence-electron chi connectivity index (χ3n) is 4.14. The Labute approximate surface area is 188 Å². The lowest BCUT2D eigenvalue weighted by molar-refractivity contribution is 0.297. The number of fused-ring (bicyclic) bond motifs is 2. The molecular formula is C19H21BrIN5O2. The van der Waals surface area contributed by atoms with Crippen molar-refractivity contribution in [3.63, 3.8) is 0 Å². The van der Waals surface area contributed by atoms with Crippen LogP contribution in [-0.4, -0.2) is 35.6 Å². The summed E-state index contributed by atoms with van der Waals surface area (Å²) >= 11 is 3.47. The zero-order valence-corrected chi connectivity index (χ0v) is 19.2. The van der Waals surface area contributed by atoms with E-state index in [1.54, 1.807) is 7.05 Å². The third-order valence-corrected chi connectivity index (χ3v) is 4.60. The van der Waals surface area contributed by atoms with E-state index < -0.39 is 0 Å². The molecule has 0 fully saturated rings. The Balaban J connectivity index is 0.00000225. The number of pyridine rings is 1. The van der Waals surface area contributed by atoms with Crippen LogP contribution in [0.5, 0.6) is 11.5 Å². The van der Waals surface area contributed by atoms with Crippen LogP contribution in [0.3, 0.4) is 0 Å². The van der Waals surface area contributed by atoms with Crippen LogP contribution in [-0.2, 0) is 6.54 Å². The van der Waals surface area contributed by atoms with Crippen molar-refractivity contribution in [2.24, 2.45) is 4.99 Å². The SMILES string of the molecule is CN=C(NCc1cn2cc(Br)ccc2n1)Nc1ccc2c(c1)OCCCO2.I. The van der Waals surface area contributed by atoms with E-state index in [0.717, 1.165) is 39.4 Å². The van der Waals surface area contributed by atoms with Gasteiger partial charge >= 0.3 is 0 Å². The maximum absolute atomic E-state index is 5.74. The zero-order valence-electron chi connectivity index (χ0n) is 15.3. The van der Waals surface area contributed by atoms with Crippen molar-refractivity contribution in [3.05, 3.63) is 52.9 Å². The topological polar surface area (TPSA) is 72.2 Å². The van der Waals surface area contributed by atoms with Gasteiger partial charge in [0.25, 0.3) is 0 Å². The van der Waals surface area contributed by atoms with Crippen LogP contribution in [0.4, 0.5) is 5.69 Å². The summed E-state index contributed by atoms with van der Waals surface area (Å²) in [5.74, 6) is 2.18. The Morgan fingerprint density at radius 2 is 2.00 bits per heavy atom. The van der Waals surface area contributed by atoms with Crippen LogP contribution in [0, 0.1) is 0 Å². The van der Waals surface area contributed by atoms with Crippen molar-refractivity contribution in [2.75, 3.05) is 25.6 Å². The second-order valence-electron chi connectivity index (χ2n) is 6.11. The normalized spacial score (nSPS) is 13.6. The fourth-order valence-corrected chi connectivity index (χ4v) is 3.19. The summed E-state index contributed by atoms with van der Waals surface area (Å²) in [7, 11) is 1.74. The molecule has 0 bridgehead atoms. The number of nitrogens with one attached hydrogen (secondary N) is 2. The van der Waals surface area contributed by atoms with Gasteiger partial charge in [0.15, 0.2) is 17.5 Å². The number of benzene rings is 1. The van der Waals surface area contributed by atoms with Crippen molar-refractivity contribution in [2.45, 2.75) is 13.0 Å². The van der Waals surface area contributed by atoms with Crippen molar-refractivity contribution in [1.29, 1.82) is 0 Å². The lowest BCUT2D eigenvalue weighted by Gasteiger charge is -2.13. The minimum absolute atomic E-state index is 0. The van der Waals surface area contributed by atoms with Gasteiger partial charge in [-0.1, -0.05) is 0 Å². The minimum Gasteiger partial charge on any atom is -0.490 e. The number of nitrogens with zero attached hydrogens (tertiary/aromatic N) is 3. The molecule has 2 aromatic heterocycles. The number of guanidine groups is 1. The monoisotopic (exact) mass is 557 g/mol. The van der Waals surface area contributed by atoms with Crippen LogP contribution < -0.4 is 20.1 Å². The molecule has 0 unspecified atom stereocenters. The van der Waals surface area contributed by atoms with Crippen LogP contribution in [0.2, 0.25) is 0 Å². The zero-order chi connectivity index (χ0) is 18.6. The lowest BCUT2D eigenvalue weighted by Crippen LogP contribution is -2.30. The Kier molecular flexibility index (Phi) is 7.00. The minimum atomic E-state index is 0. The number of hydrogen-bond donors (Lipinski definition) is 2. The number of rotatable bonds is 3. The fourth-order valence-electron chi connectivity index (χ4n) is 2.83. The Hall–Kier alpha value is -2.01. The molecule has 28 heavy (non-hydrogen) atoms. The van der Waals surface area contributed by atoms with Gasteiger partial charge in [-0.2, -0.15) is 0 Å². The first-order valence-corrected chi connectivity index (χ1v) is 9.51. The van der Waals surface area contributed by atoms with Crippen LogP contribution >= 0.6 is 39.9 Å². The van der Waals surface area contributed by atoms with Crippen molar-refractivity contribution in [1.82, 2.24) is 14.7 Å². The molecule has 4 rings (SSSR count). The number of ether oxygens (including phenoxy) is 2. The average Bonchev–Trinajstić information content (AvgIpc) is 2.92. The van der Waals surface area contributed by atoms with Gasteiger partial charge in [-0.15, -0.1) is 24.0 Å². The average molecular weight is 558 g/mol. The molecular weight excluding hydrogens is 537 g/mol. The number of halogens is 2. The number of aromatic nitrogens is 2. The van der Waals surface area contributed by atoms with Crippen molar-refractivity contribution >= 4 is 57.2 Å². The largest absolute Gasteiger partial charge is 0.490 e. The summed E-state index contributed by atoms with van der Waals surface area (Å²) in [4.78, 5) is 8.87. The smallest absolute Gasteiger partial charge is 0.195 e. The van der Waals surface area contributed by atoms with E-state index in [4.69, 9.17) is 9.47 Å². The molecule has 0 spiro atoms. The summed E-state index contributed by atoms with van der Waals surface area (Å²) in [6, 6.07) is 9.73. The molecule has 0 aliphatic carbocycles. The van der Waals surface area contributed by atoms with E-state index in [-0.39, 0.29) is 24.0 Å². The molecule has 1 aliphatic rings. The van der Waals surface area contributed by atoms with E-state index >= 15 is 0 Å². The Bertz CT molecular complexity index is 992. The molecule has 7 nitrogen and oxygen atoms in total. The molecule has 148 valence electrons. The molecule has 3 heterocycles. The number of aliphatic imine (C=N–C) groups is 1. The molecule has 0 amide bonds. The Morgan fingerprint density at radius 1 is 1.18 bits per heavy atom. The van der Waals surface area contributed by atoms with E-state index in [1.165, 1.54) is 0 Å². The predicted molar refractivity (Wildman–Crippen MR) is 124 cm³/mol. The highest BCUT2D eigenvalue weighted by atomic mass is 127. The molecule has 0 atom stereocenters. The summed E-state index contributed by atoms with van der Waals surface area (Å²) in [5.41, 5.74) is 2.71. The van der Waals surface area contributed by atoms with E-state index in [2.05, 4.69) is 36.5 Å². The lowest BCUT2D eigenvalue weighted by atomic mass is 10.3. The molecule has 0 radical (unpaired) electrons. The molecule has 1 aliphatic heterocycles. The van der Waals surface area contributed by atoms with Gasteiger partial charge in [0, 0.05) is 42.1 Å². The predicted octanol–water partition coefficient (Wildman–Crippen LogP) is 4.06. The van der Waals surface area contributed by atoms with Crippen LogP contribution in [0.15, 0.2) is 52.2 Å². The summed E-state index contributed by atoms with van der Waals surface area (Å²) in [6.45, 7) is 1.90. The van der Waals surface area contributed by atoms with Gasteiger partial charge in [0.05, 0.1) is 25.5 Å². The molecule has 1 aromatic carbocycles. The highest BCUT2D eigenvalue weighted by Gasteiger charge is 2.11. The van der Waals surface area contributed by atoms with Gasteiger partial charge in [-0.25, -0.2) is 4.98 Å². The fraction of sp³-hybridized carbons (Fsp3) is 0.263. The number of anilines is 1. The maximum Gasteiger partial charge on any atom is 0.195 e. The van der Waals surface area contributed by atoms with E-state index in [1.807, 2.05) is 47.1 Å². The van der Waals surface area contributed by atoms with Gasteiger partial charge < -0.3 is 24.5 Å². The van der Waals surface area contributed by atoms with Crippen molar-refractivity contribution < 1.29 is 9.47 Å². The van der Waals surface area contributed by atoms with Crippen LogP contribution in [0.1, 0.15) is 12.1 Å². The molecule has 2 N–H and O–H groups in total. The Morgan fingerprint density at radius 3 is 2.82 bits per heavy atom. The van der Waals surface area contributed by atoms with Gasteiger partial charge in [0.2, 0.25) is 0 Å². The number of imidazole rings is 1. The quantitative estimate of drug-likeness (QED) is 0.289. The summed E-state index contributed by atoms with van der Waals surface area (Å²) < 4.78 is 14.4. The number of hydrogen-bond acceptors (Lipinski definition) is 4. The first kappa shape index (κ1) is 20.7. The summed E-state index contributed by atoms with van der Waals surface area (Å²) in [5, 5.41) is 6.56. The molecule has 0 saturated carbocycles. The maximum atomic E-state index is 5.74. The second-order valence-corrected chi connectivity index (χ2v) is 7.02. The van der Waals surface area contributed by atoms with Crippen molar-refractivity contribution in [3.8, 4) is 11.5 Å². The summed E-state index contributed by atoms with van der Waals surface area (Å²) in [6.07, 6.45) is 4.86. The molecule has 0 saturated heterocycles. The highest BCUT2D eigenvalue weighted by molar-refractivity contribution is 14.0. The first-order chi connectivity index (χ1) is 13.2. The molecule has 3 aromatic rings. The molecule has 9 heteroatoms. The second kappa shape index (κ2) is 9.46. The van der Waals surface area contributed by atoms with Gasteiger partial charge in [-0.3, -0.25) is 4.99 Å². The first-order valence-electron chi connectivity index (χ1n) is 8.72. The highest BCUT2D eigenvalue weighted by Crippen LogP contribution is 2.32. The third kappa shape index (κ3) is 4.88. The standard InChI is InChI=1S/C19H20BrN5O2.HI/c1-21-19(22-10-15-12-25-11-13(20)3-6-18(25)23-15)24-14-4-5-16-17(9-14)27-8-2-7-26-16;/h3-6,9,11-12H,2,7-8,10H2,1H3,(H2,21,22,24);1H. The van der Waals surface area contributed by atoms with Crippen LogP contribution in [0.25, 0.3) is 5.65 Å². The van der Waals surface area contributed by atoms with Gasteiger partial charge in [0.1, 0.15) is 5.65 Å². The van der Waals surface area contributed by atoms with Gasteiger partial charge in [-0.05, 0) is 40.2 Å². The van der Waals surface area contributed by atoms with E-state index in [9.17, 15) is 0 Å².